The fourth-order valence-corrected chi connectivity index (χ4v) is 11.3. The van der Waals surface area contributed by atoms with Crippen LogP contribution in [0.1, 0.15) is 120 Å². The lowest BCUT2D eigenvalue weighted by molar-refractivity contribution is -0.318. The number of aliphatic hydroxyl groups is 5. The number of methoxy groups -OCH3 is 1. The SMILES string of the molecule is CC[C@H]1OC(=O)[C@H](C)[C@@H](O[C@H]2C[C@@](C)(OC)[C@@H](O)[C@H](C)O2)[C@H](C)[C@@H](O[C@@H]2O[C@H](C)C[C@H](N(C)C)[C@H]2O)[C@](C)(O)C[C@@H](C)CN(CCCNC(=O)C(C)c2ccc(-c3ccccc3)c(F)c2)[C@H](C)[C@@H](O)[C@]1(C)O. The molecule has 19 atom stereocenters. The summed E-state index contributed by atoms with van der Waals surface area (Å²) in [5.41, 5.74) is -2.99. The maximum Gasteiger partial charge on any atom is 0.311 e. The van der Waals surface area contributed by atoms with E-state index in [0.717, 1.165) is 5.56 Å². The second-order valence-corrected chi connectivity index (χ2v) is 22.2. The van der Waals surface area contributed by atoms with Crippen molar-refractivity contribution in [3.05, 3.63) is 59.9 Å². The van der Waals surface area contributed by atoms with E-state index in [1.165, 1.54) is 20.1 Å². The van der Waals surface area contributed by atoms with Crippen LogP contribution in [0.3, 0.4) is 0 Å². The molecule has 3 aliphatic heterocycles. The minimum Gasteiger partial charge on any atom is -0.459 e. The number of benzene rings is 2. The van der Waals surface area contributed by atoms with Gasteiger partial charge in [-0.05, 0) is 118 Å². The van der Waals surface area contributed by atoms with Gasteiger partial charge in [0.1, 0.15) is 35.8 Å². The summed E-state index contributed by atoms with van der Waals surface area (Å²) in [5.74, 6) is -4.32. The molecule has 0 spiro atoms. The van der Waals surface area contributed by atoms with Crippen molar-refractivity contribution in [2.75, 3.05) is 40.8 Å². The van der Waals surface area contributed by atoms with Crippen LogP contribution in [0.15, 0.2) is 48.5 Å². The van der Waals surface area contributed by atoms with Gasteiger partial charge < -0.3 is 64.2 Å². The Hall–Kier alpha value is -3.17. The number of ether oxygens (including phenoxy) is 6. The molecular formula is C55H88FN3O13. The number of hydrogen-bond acceptors (Lipinski definition) is 15. The molecule has 2 aromatic rings. The fraction of sp³-hybridized carbons (Fsp3) is 0.745. The van der Waals surface area contributed by atoms with Gasteiger partial charge in [-0.3, -0.25) is 14.5 Å². The van der Waals surface area contributed by atoms with Crippen LogP contribution in [0, 0.1) is 23.6 Å². The highest BCUT2D eigenvalue weighted by Crippen LogP contribution is 2.40. The zero-order valence-electron chi connectivity index (χ0n) is 45.3. The largest absolute Gasteiger partial charge is 0.459 e. The summed E-state index contributed by atoms with van der Waals surface area (Å²) in [6.45, 7) is 20.0. The Labute approximate surface area is 427 Å². The summed E-state index contributed by atoms with van der Waals surface area (Å²) in [6.07, 6.45) is -8.89. The zero-order chi connectivity index (χ0) is 53.6. The molecule has 16 nitrogen and oxygen atoms in total. The van der Waals surface area contributed by atoms with Gasteiger partial charge in [-0.1, -0.05) is 63.2 Å². The summed E-state index contributed by atoms with van der Waals surface area (Å²) >= 11 is 0. The van der Waals surface area contributed by atoms with Gasteiger partial charge in [-0.15, -0.1) is 0 Å². The van der Waals surface area contributed by atoms with Crippen LogP contribution in [0.5, 0.6) is 0 Å². The van der Waals surface area contributed by atoms with E-state index in [2.05, 4.69) is 5.32 Å². The first-order chi connectivity index (χ1) is 33.7. The second-order valence-electron chi connectivity index (χ2n) is 22.2. The number of aliphatic hydroxyl groups excluding tert-OH is 3. The van der Waals surface area contributed by atoms with Crippen LogP contribution in [0.4, 0.5) is 4.39 Å². The number of esters is 1. The number of nitrogens with one attached hydrogen (secondary N) is 1. The molecule has 0 aliphatic carbocycles. The van der Waals surface area contributed by atoms with Crippen molar-refractivity contribution in [3.63, 3.8) is 0 Å². The molecular weight excluding hydrogens is 930 g/mol. The number of cyclic esters (lactones) is 1. The van der Waals surface area contributed by atoms with Gasteiger partial charge in [0, 0.05) is 56.7 Å². The third-order valence-electron chi connectivity index (χ3n) is 15.9. The quantitative estimate of drug-likeness (QED) is 0.104. The fourth-order valence-electron chi connectivity index (χ4n) is 11.3. The Bertz CT molecular complexity index is 2050. The van der Waals surface area contributed by atoms with E-state index >= 15 is 4.39 Å². The molecule has 3 aliphatic rings. The van der Waals surface area contributed by atoms with Crippen LogP contribution in [0.2, 0.25) is 0 Å². The first-order valence-corrected chi connectivity index (χ1v) is 26.1. The van der Waals surface area contributed by atoms with Crippen molar-refractivity contribution in [2.45, 2.75) is 204 Å². The summed E-state index contributed by atoms with van der Waals surface area (Å²) in [5, 5.41) is 63.2. The van der Waals surface area contributed by atoms with Gasteiger partial charge in [0.2, 0.25) is 5.91 Å². The minimum absolute atomic E-state index is 0.0866. The van der Waals surface area contributed by atoms with Gasteiger partial charge in [-0.25, -0.2) is 4.39 Å². The summed E-state index contributed by atoms with van der Waals surface area (Å²) in [4.78, 5) is 32.0. The number of hydrogen-bond donors (Lipinski definition) is 6. The van der Waals surface area contributed by atoms with Gasteiger partial charge in [0.25, 0.3) is 0 Å². The number of carbonyl (C=O) groups excluding carboxylic acids is 2. The monoisotopic (exact) mass is 1020 g/mol. The van der Waals surface area contributed by atoms with Gasteiger partial charge in [0.15, 0.2) is 12.6 Å². The Morgan fingerprint density at radius 3 is 2.24 bits per heavy atom. The molecule has 0 radical (unpaired) electrons. The number of halogens is 1. The molecule has 72 heavy (non-hydrogen) atoms. The highest BCUT2D eigenvalue weighted by Gasteiger charge is 2.53. The van der Waals surface area contributed by atoms with E-state index < -0.39 is 108 Å². The molecule has 0 bridgehead atoms. The summed E-state index contributed by atoms with van der Waals surface area (Å²) < 4.78 is 53.4. The molecule has 5 rings (SSSR count). The minimum atomic E-state index is -1.95. The number of amides is 1. The maximum atomic E-state index is 15.3. The van der Waals surface area contributed by atoms with E-state index in [0.29, 0.717) is 37.1 Å². The molecule has 1 amide bonds. The summed E-state index contributed by atoms with van der Waals surface area (Å²) in [6, 6.07) is 13.0. The van der Waals surface area contributed by atoms with Crippen molar-refractivity contribution in [1.29, 1.82) is 0 Å². The van der Waals surface area contributed by atoms with Gasteiger partial charge >= 0.3 is 5.97 Å². The lowest BCUT2D eigenvalue weighted by Gasteiger charge is -2.48. The number of rotatable bonds is 14. The van der Waals surface area contributed by atoms with Gasteiger partial charge in [-0.2, -0.15) is 0 Å². The average molecular weight is 1020 g/mol. The summed E-state index contributed by atoms with van der Waals surface area (Å²) in [7, 11) is 5.23. The number of likely N-dealkylation sites (N-methyl/N-ethyl adjacent to an activating group) is 1. The molecule has 3 fully saturated rings. The van der Waals surface area contributed by atoms with Crippen LogP contribution >= 0.6 is 0 Å². The molecule has 3 heterocycles. The van der Waals surface area contributed by atoms with Crippen molar-refractivity contribution in [2.24, 2.45) is 17.8 Å². The van der Waals surface area contributed by atoms with E-state index in [1.54, 1.807) is 67.5 Å². The molecule has 0 saturated carbocycles. The maximum absolute atomic E-state index is 15.3. The van der Waals surface area contributed by atoms with Gasteiger partial charge in [0.05, 0.1) is 47.5 Å². The topological polar surface area (TPSA) is 209 Å². The number of carbonyl (C=O) groups is 2. The zero-order valence-corrected chi connectivity index (χ0v) is 45.3. The Morgan fingerprint density at radius 1 is 0.958 bits per heavy atom. The lowest BCUT2D eigenvalue weighted by atomic mass is 9.77. The predicted molar refractivity (Wildman–Crippen MR) is 271 cm³/mol. The highest BCUT2D eigenvalue weighted by atomic mass is 19.1. The highest BCUT2D eigenvalue weighted by molar-refractivity contribution is 5.83. The average Bonchev–Trinajstić information content (AvgIpc) is 3.33. The van der Waals surface area contributed by atoms with E-state index in [9.17, 15) is 35.1 Å². The Morgan fingerprint density at radius 2 is 1.62 bits per heavy atom. The van der Waals surface area contributed by atoms with Crippen LogP contribution in [-0.2, 0) is 38.0 Å². The molecule has 1 unspecified atom stereocenters. The third-order valence-corrected chi connectivity index (χ3v) is 15.9. The van der Waals surface area contributed by atoms with E-state index in [1.807, 2.05) is 68.1 Å². The van der Waals surface area contributed by atoms with E-state index in [4.69, 9.17) is 28.4 Å². The smallest absolute Gasteiger partial charge is 0.311 e. The van der Waals surface area contributed by atoms with Crippen molar-refractivity contribution >= 4 is 11.9 Å². The van der Waals surface area contributed by atoms with E-state index in [-0.39, 0.29) is 49.8 Å². The number of nitrogens with zero attached hydrogens (tertiary/aromatic N) is 2. The molecule has 408 valence electrons. The third kappa shape index (κ3) is 14.0. The molecule has 17 heteroatoms. The molecule has 6 N–H and O–H groups in total. The van der Waals surface area contributed by atoms with Crippen LogP contribution < -0.4 is 5.32 Å². The second kappa shape index (κ2) is 25.1. The Kier molecular flexibility index (Phi) is 20.8. The first kappa shape index (κ1) is 59.7. The van der Waals surface area contributed by atoms with Crippen LogP contribution in [0.25, 0.3) is 11.1 Å². The molecule has 3 saturated heterocycles. The van der Waals surface area contributed by atoms with Crippen molar-refractivity contribution in [3.8, 4) is 11.1 Å². The molecule has 2 aromatic carbocycles. The van der Waals surface area contributed by atoms with Crippen molar-refractivity contribution in [1.82, 2.24) is 15.1 Å². The lowest BCUT2D eigenvalue weighted by Crippen LogP contribution is -2.60. The van der Waals surface area contributed by atoms with Crippen molar-refractivity contribution < 1.29 is 67.9 Å². The predicted octanol–water partition coefficient (Wildman–Crippen LogP) is 5.39. The van der Waals surface area contributed by atoms with Crippen LogP contribution in [-0.4, -0.2) is 178 Å². The normalized spacial score (nSPS) is 39.4. The standard InChI is InChI=1S/C55H88FN3O13/c1-15-43-55(11,66)47(61)36(7)59(25-19-24-57-50(63)33(4)39-22-23-40(41(56)27-39)38-20-17-16-18-21-38)30-31(2)28-53(9,65)49(72-52-45(60)42(58(12)13)26-32(3)68-52)34(5)46(35(6)51(64)70-43)71-44-29-54(10,67-14)48(62)37(8)69-44/h16-18,20-23,27,31-37,42-49,52,60-62,65-66H,15,19,24-26,28-30H2,1-14H3,(H,57,63)/t31-,32-,33?,34+,35-,36-,37+,42+,43-,44+,45-,46+,47-,48+,49-,52+,53-,54-,55-/m1/s1. The molecule has 0 aromatic heterocycles. The Balaban J connectivity index is 1.46. The first-order valence-electron chi connectivity index (χ1n) is 26.1.